The zero-order valence-corrected chi connectivity index (χ0v) is 17.9. The van der Waals surface area contributed by atoms with Gasteiger partial charge in [-0.25, -0.2) is 4.68 Å². The Bertz CT molecular complexity index is 736. The van der Waals surface area contributed by atoms with E-state index < -0.39 is 0 Å². The van der Waals surface area contributed by atoms with Crippen LogP contribution in [0.25, 0.3) is 5.69 Å². The molecule has 0 aliphatic carbocycles. The first-order chi connectivity index (χ1) is 12.3. The third kappa shape index (κ3) is 5.29. The number of likely N-dealkylation sites (tertiary alicyclic amines) is 2. The molecule has 0 bridgehead atoms. The average Bonchev–Trinajstić information content (AvgIpc) is 3.04. The van der Waals surface area contributed by atoms with E-state index in [0.717, 1.165) is 31.5 Å². The average molecular weight is 431 g/mol. The van der Waals surface area contributed by atoms with E-state index in [0.29, 0.717) is 4.77 Å². The fraction of sp³-hybridized carbons (Fsp3) is 0.611. The van der Waals surface area contributed by atoms with Gasteiger partial charge in [0.05, 0.1) is 12.4 Å². The van der Waals surface area contributed by atoms with Crippen LogP contribution in [0.3, 0.4) is 0 Å². The summed E-state index contributed by atoms with van der Waals surface area (Å²) < 4.78 is 4.23. The van der Waals surface area contributed by atoms with Gasteiger partial charge in [0.2, 0.25) is 4.77 Å². The van der Waals surface area contributed by atoms with Crippen molar-refractivity contribution in [2.75, 3.05) is 26.2 Å². The van der Waals surface area contributed by atoms with Crippen LogP contribution in [-0.4, -0.2) is 61.8 Å². The number of benzene rings is 1. The molecule has 1 aromatic carbocycles. The van der Waals surface area contributed by atoms with E-state index in [1.807, 2.05) is 35.0 Å². The molecule has 2 aliphatic heterocycles. The molecule has 27 heavy (non-hydrogen) atoms. The van der Waals surface area contributed by atoms with E-state index in [-0.39, 0.29) is 24.8 Å². The summed E-state index contributed by atoms with van der Waals surface area (Å²) in [4.78, 5) is 5.15. The lowest BCUT2D eigenvalue weighted by atomic mass is 10.0. The highest BCUT2D eigenvalue weighted by Crippen LogP contribution is 2.21. The molecule has 3 heterocycles. The zero-order chi connectivity index (χ0) is 17.1. The Kier molecular flexibility index (Phi) is 8.69. The third-order valence-electron chi connectivity index (χ3n) is 5.44. The smallest absolute Gasteiger partial charge is 0.221 e. The number of aromatic nitrogens is 4. The summed E-state index contributed by atoms with van der Waals surface area (Å²) in [6.07, 6.45) is 6.65. The van der Waals surface area contributed by atoms with E-state index in [2.05, 4.69) is 20.2 Å². The second-order valence-electron chi connectivity index (χ2n) is 7.10. The maximum atomic E-state index is 5.57. The molecule has 0 atom stereocenters. The number of para-hydroxylation sites is 1. The lowest BCUT2D eigenvalue weighted by molar-refractivity contribution is 0.0759. The molecular weight excluding hydrogens is 403 g/mol. The van der Waals surface area contributed by atoms with Gasteiger partial charge in [0.15, 0.2) is 0 Å². The number of piperidine rings is 2. The van der Waals surface area contributed by atoms with Gasteiger partial charge in [-0.1, -0.05) is 24.6 Å². The van der Waals surface area contributed by atoms with Crippen molar-refractivity contribution >= 4 is 37.0 Å². The Morgan fingerprint density at radius 3 is 2.22 bits per heavy atom. The first-order valence-electron chi connectivity index (χ1n) is 9.36. The van der Waals surface area contributed by atoms with Crippen LogP contribution in [0.15, 0.2) is 30.3 Å². The number of hydrogen-bond acceptors (Lipinski definition) is 5. The van der Waals surface area contributed by atoms with E-state index in [1.54, 1.807) is 4.68 Å². The lowest BCUT2D eigenvalue weighted by Crippen LogP contribution is -2.47. The van der Waals surface area contributed by atoms with Crippen molar-refractivity contribution in [1.82, 2.24) is 29.6 Å². The van der Waals surface area contributed by atoms with Gasteiger partial charge >= 0.3 is 0 Å². The maximum Gasteiger partial charge on any atom is 0.221 e. The summed E-state index contributed by atoms with van der Waals surface area (Å²) in [5.41, 5.74) is 0.961. The van der Waals surface area contributed by atoms with Gasteiger partial charge in [0.1, 0.15) is 0 Å². The van der Waals surface area contributed by atoms with Gasteiger partial charge < -0.3 is 4.90 Å². The molecule has 0 spiro atoms. The third-order valence-corrected chi connectivity index (χ3v) is 5.82. The second kappa shape index (κ2) is 10.5. The van der Waals surface area contributed by atoms with Crippen molar-refractivity contribution in [3.63, 3.8) is 0 Å². The van der Waals surface area contributed by atoms with Crippen LogP contribution in [0.4, 0.5) is 0 Å². The summed E-state index contributed by atoms with van der Waals surface area (Å²) >= 11 is 5.57. The molecule has 9 heteroatoms. The molecule has 2 fully saturated rings. The molecule has 0 amide bonds. The first-order valence-corrected chi connectivity index (χ1v) is 9.77. The van der Waals surface area contributed by atoms with Gasteiger partial charge in [-0.3, -0.25) is 4.90 Å². The molecule has 0 radical (unpaired) electrons. The molecule has 2 aromatic rings. The Labute approximate surface area is 178 Å². The zero-order valence-electron chi connectivity index (χ0n) is 15.4. The second-order valence-corrected chi connectivity index (χ2v) is 7.46. The minimum Gasteiger partial charge on any atom is -0.300 e. The minimum atomic E-state index is 0. The van der Waals surface area contributed by atoms with Gasteiger partial charge in [-0.15, -0.1) is 24.8 Å². The van der Waals surface area contributed by atoms with Crippen molar-refractivity contribution in [2.45, 2.75) is 44.8 Å². The molecule has 150 valence electrons. The number of hydrogen-bond donors (Lipinski definition) is 0. The summed E-state index contributed by atoms with van der Waals surface area (Å²) in [6.45, 7) is 5.54. The predicted octanol–water partition coefficient (Wildman–Crippen LogP) is 3.55. The van der Waals surface area contributed by atoms with E-state index >= 15 is 0 Å². The largest absolute Gasteiger partial charge is 0.300 e. The highest BCUT2D eigenvalue weighted by molar-refractivity contribution is 7.71. The Balaban J connectivity index is 0.00000131. The first kappa shape index (κ1) is 22.3. The topological polar surface area (TPSA) is 42.1 Å². The van der Waals surface area contributed by atoms with Crippen LogP contribution in [0.2, 0.25) is 0 Å². The highest BCUT2D eigenvalue weighted by atomic mass is 35.5. The summed E-state index contributed by atoms with van der Waals surface area (Å²) in [5, 5.41) is 8.50. The number of nitrogens with zero attached hydrogens (tertiary/aromatic N) is 6. The van der Waals surface area contributed by atoms with E-state index in [9.17, 15) is 0 Å². The Morgan fingerprint density at radius 2 is 1.56 bits per heavy atom. The standard InChI is InChI=1S/C18H26N6S.2ClH/c25-18-23(19-20-24(18)17-7-3-1-4-8-17)15-21-13-9-16(10-14-21)22-11-5-2-6-12-22;;/h1,3-4,7-8,16H,2,5-6,9-15H2;2*1H. The quantitative estimate of drug-likeness (QED) is 0.693. The summed E-state index contributed by atoms with van der Waals surface area (Å²) in [6, 6.07) is 10.7. The van der Waals surface area contributed by atoms with Gasteiger partial charge in [-0.2, -0.15) is 4.68 Å². The molecule has 0 N–H and O–H groups in total. The van der Waals surface area contributed by atoms with Crippen LogP contribution in [-0.2, 0) is 6.67 Å². The fourth-order valence-corrected chi connectivity index (χ4v) is 4.23. The molecular formula is C18H28Cl2N6S. The lowest BCUT2D eigenvalue weighted by Gasteiger charge is -2.40. The summed E-state index contributed by atoms with van der Waals surface area (Å²) in [5.74, 6) is 0. The van der Waals surface area contributed by atoms with Crippen molar-refractivity contribution < 1.29 is 0 Å². The SMILES string of the molecule is Cl.Cl.S=c1n(CN2CCC(N3CCCCC3)CC2)nnn1-c1ccccc1. The van der Waals surface area contributed by atoms with E-state index in [4.69, 9.17) is 12.2 Å². The van der Waals surface area contributed by atoms with Crippen LogP contribution < -0.4 is 0 Å². The molecule has 2 aliphatic rings. The van der Waals surface area contributed by atoms with Crippen molar-refractivity contribution in [3.05, 3.63) is 35.1 Å². The maximum absolute atomic E-state index is 5.57. The highest BCUT2D eigenvalue weighted by Gasteiger charge is 2.25. The number of tetrazole rings is 1. The number of halogens is 2. The van der Waals surface area contributed by atoms with Crippen LogP contribution in [0.1, 0.15) is 32.1 Å². The van der Waals surface area contributed by atoms with Crippen LogP contribution >= 0.6 is 37.0 Å². The van der Waals surface area contributed by atoms with Gasteiger partial charge in [-0.05, 0) is 73.6 Å². The van der Waals surface area contributed by atoms with E-state index in [1.165, 1.54) is 45.2 Å². The van der Waals surface area contributed by atoms with Gasteiger partial charge in [0.25, 0.3) is 0 Å². The minimum absolute atomic E-state index is 0. The Hall–Kier alpha value is -0.990. The normalized spacial score (nSPS) is 19.3. The Morgan fingerprint density at radius 1 is 0.889 bits per heavy atom. The van der Waals surface area contributed by atoms with Crippen LogP contribution in [0.5, 0.6) is 0 Å². The molecule has 6 nitrogen and oxygen atoms in total. The molecule has 2 saturated heterocycles. The van der Waals surface area contributed by atoms with Crippen molar-refractivity contribution in [2.24, 2.45) is 0 Å². The van der Waals surface area contributed by atoms with Crippen LogP contribution in [0, 0.1) is 4.77 Å². The molecule has 0 unspecified atom stereocenters. The van der Waals surface area contributed by atoms with Crippen molar-refractivity contribution in [1.29, 1.82) is 0 Å². The molecule has 4 rings (SSSR count). The molecule has 1 aromatic heterocycles. The number of rotatable bonds is 4. The fourth-order valence-electron chi connectivity index (χ4n) is 3.99. The predicted molar refractivity (Wildman–Crippen MR) is 115 cm³/mol. The summed E-state index contributed by atoms with van der Waals surface area (Å²) in [7, 11) is 0. The monoisotopic (exact) mass is 430 g/mol. The van der Waals surface area contributed by atoms with Crippen molar-refractivity contribution in [3.8, 4) is 5.69 Å². The van der Waals surface area contributed by atoms with Gasteiger partial charge in [0, 0.05) is 19.1 Å². The molecule has 0 saturated carbocycles.